The minimum Gasteiger partial charge on any atom is -0.343 e. The Hall–Kier alpha value is -3.69. The van der Waals surface area contributed by atoms with Gasteiger partial charge in [-0.15, -0.1) is 0 Å². The Labute approximate surface area is 181 Å². The summed E-state index contributed by atoms with van der Waals surface area (Å²) in [6.45, 7) is 0.181. The second-order valence-electron chi connectivity index (χ2n) is 7.14. The van der Waals surface area contributed by atoms with Gasteiger partial charge in [-0.25, -0.2) is 0 Å². The molecule has 1 fully saturated rings. The van der Waals surface area contributed by atoms with Crippen LogP contribution < -0.4 is 5.32 Å². The van der Waals surface area contributed by atoms with Crippen LogP contribution in [0.25, 0.3) is 0 Å². The number of hydrogen-bond donors (Lipinski definition) is 1. The lowest BCUT2D eigenvalue weighted by Gasteiger charge is -2.35. The van der Waals surface area contributed by atoms with Gasteiger partial charge in [-0.1, -0.05) is 24.3 Å². The van der Waals surface area contributed by atoms with Crippen LogP contribution in [0.5, 0.6) is 0 Å². The van der Waals surface area contributed by atoms with Crippen molar-refractivity contribution in [2.75, 3.05) is 32.7 Å². The van der Waals surface area contributed by atoms with Gasteiger partial charge in [-0.05, 0) is 24.3 Å². The molecule has 1 aliphatic rings. The Morgan fingerprint density at radius 2 is 1.50 bits per heavy atom. The smallest absolute Gasteiger partial charge is 0.343 e. The number of halogens is 3. The molecule has 0 unspecified atom stereocenters. The van der Waals surface area contributed by atoms with Gasteiger partial charge in [0.15, 0.2) is 0 Å². The molecule has 0 atom stereocenters. The highest BCUT2D eigenvalue weighted by Gasteiger charge is 2.36. The summed E-state index contributed by atoms with van der Waals surface area (Å²) in [4.78, 5) is 50.5. The number of hydrogen-bond acceptors (Lipinski definition) is 4. The number of benzene rings is 2. The number of carbonyl (C=O) groups excluding carboxylic acids is 4. The SMILES string of the molecule is O=Cc1ccc(C(=O)NCC(=O)N2CCN(C(=O)c3ccccc3C(F)(F)F)CC2)cc1. The predicted octanol–water partition coefficient (Wildman–Crippen LogP) is 2.23. The lowest BCUT2D eigenvalue weighted by atomic mass is 10.1. The maximum absolute atomic E-state index is 13.2. The van der Waals surface area contributed by atoms with Crippen LogP contribution >= 0.6 is 0 Å². The zero-order valence-electron chi connectivity index (χ0n) is 16.9. The van der Waals surface area contributed by atoms with Crippen LogP contribution in [0.4, 0.5) is 13.2 Å². The van der Waals surface area contributed by atoms with Gasteiger partial charge >= 0.3 is 6.18 Å². The lowest BCUT2D eigenvalue weighted by molar-refractivity contribution is -0.138. The Balaban J connectivity index is 1.53. The van der Waals surface area contributed by atoms with E-state index in [2.05, 4.69) is 5.32 Å². The van der Waals surface area contributed by atoms with Crippen LogP contribution in [0.15, 0.2) is 48.5 Å². The van der Waals surface area contributed by atoms with Crippen LogP contribution in [0.1, 0.15) is 36.6 Å². The van der Waals surface area contributed by atoms with E-state index in [0.717, 1.165) is 12.1 Å². The van der Waals surface area contributed by atoms with Gasteiger partial charge < -0.3 is 15.1 Å². The molecule has 10 heteroatoms. The van der Waals surface area contributed by atoms with Crippen molar-refractivity contribution < 1.29 is 32.3 Å². The highest BCUT2D eigenvalue weighted by molar-refractivity contribution is 5.97. The molecule has 168 valence electrons. The molecule has 32 heavy (non-hydrogen) atoms. The number of rotatable bonds is 5. The maximum Gasteiger partial charge on any atom is 0.417 e. The molecule has 0 bridgehead atoms. The van der Waals surface area contributed by atoms with Crippen LogP contribution in [-0.2, 0) is 11.0 Å². The van der Waals surface area contributed by atoms with Crippen molar-refractivity contribution in [3.63, 3.8) is 0 Å². The molecule has 1 heterocycles. The third-order valence-electron chi connectivity index (χ3n) is 5.09. The van der Waals surface area contributed by atoms with Crippen molar-refractivity contribution in [1.82, 2.24) is 15.1 Å². The fraction of sp³-hybridized carbons (Fsp3) is 0.273. The van der Waals surface area contributed by atoms with Crippen molar-refractivity contribution in [2.24, 2.45) is 0 Å². The second kappa shape index (κ2) is 9.63. The zero-order valence-corrected chi connectivity index (χ0v) is 16.9. The summed E-state index contributed by atoms with van der Waals surface area (Å²) in [6, 6.07) is 10.5. The van der Waals surface area contributed by atoms with Crippen molar-refractivity contribution in [3.05, 3.63) is 70.8 Å². The number of aldehydes is 1. The molecule has 0 aromatic heterocycles. The maximum atomic E-state index is 13.2. The fourth-order valence-corrected chi connectivity index (χ4v) is 3.33. The van der Waals surface area contributed by atoms with E-state index in [9.17, 15) is 32.3 Å². The molecule has 3 amide bonds. The van der Waals surface area contributed by atoms with Crippen LogP contribution in [0.2, 0.25) is 0 Å². The van der Waals surface area contributed by atoms with Gasteiger partial charge in [0.1, 0.15) is 6.29 Å². The molecular weight excluding hydrogens is 427 g/mol. The summed E-state index contributed by atoms with van der Waals surface area (Å²) < 4.78 is 39.5. The summed E-state index contributed by atoms with van der Waals surface area (Å²) in [6.07, 6.45) is -3.99. The molecule has 2 aromatic rings. The highest BCUT2D eigenvalue weighted by Crippen LogP contribution is 2.32. The molecule has 0 radical (unpaired) electrons. The Morgan fingerprint density at radius 3 is 2.09 bits per heavy atom. The Morgan fingerprint density at radius 1 is 0.906 bits per heavy atom. The molecule has 3 rings (SSSR count). The van der Waals surface area contributed by atoms with Gasteiger partial charge in [0, 0.05) is 37.3 Å². The van der Waals surface area contributed by atoms with Gasteiger partial charge in [0.2, 0.25) is 5.91 Å². The largest absolute Gasteiger partial charge is 0.417 e. The van der Waals surface area contributed by atoms with E-state index in [-0.39, 0.29) is 38.6 Å². The molecule has 0 aliphatic carbocycles. The molecule has 0 saturated carbocycles. The molecule has 1 N–H and O–H groups in total. The summed E-state index contributed by atoms with van der Waals surface area (Å²) in [7, 11) is 0. The summed E-state index contributed by atoms with van der Waals surface area (Å²) in [5.41, 5.74) is -0.704. The van der Waals surface area contributed by atoms with Crippen molar-refractivity contribution >= 4 is 24.0 Å². The fourth-order valence-electron chi connectivity index (χ4n) is 3.33. The van der Waals surface area contributed by atoms with Gasteiger partial charge in [-0.3, -0.25) is 19.2 Å². The first-order valence-electron chi connectivity index (χ1n) is 9.77. The minimum absolute atomic E-state index is 0.0812. The number of carbonyl (C=O) groups is 4. The Bertz CT molecular complexity index is 1010. The van der Waals surface area contributed by atoms with Crippen molar-refractivity contribution in [2.45, 2.75) is 6.18 Å². The minimum atomic E-state index is -4.64. The molecule has 1 aliphatic heterocycles. The average molecular weight is 447 g/mol. The molecule has 7 nitrogen and oxygen atoms in total. The lowest BCUT2D eigenvalue weighted by Crippen LogP contribution is -2.52. The first-order chi connectivity index (χ1) is 15.2. The third-order valence-corrected chi connectivity index (χ3v) is 5.09. The summed E-state index contributed by atoms with van der Waals surface area (Å²) >= 11 is 0. The summed E-state index contributed by atoms with van der Waals surface area (Å²) in [5.74, 6) is -1.59. The van der Waals surface area contributed by atoms with E-state index in [1.165, 1.54) is 46.2 Å². The number of alkyl halides is 3. The van der Waals surface area contributed by atoms with Crippen LogP contribution in [0, 0.1) is 0 Å². The Kier molecular flexibility index (Phi) is 6.92. The molecular formula is C22H20F3N3O4. The first kappa shape index (κ1) is 23.0. The normalized spacial score (nSPS) is 14.1. The van der Waals surface area contributed by atoms with E-state index >= 15 is 0 Å². The first-order valence-corrected chi connectivity index (χ1v) is 9.77. The van der Waals surface area contributed by atoms with Gasteiger partial charge in [-0.2, -0.15) is 13.2 Å². The van der Waals surface area contributed by atoms with Crippen LogP contribution in [-0.4, -0.2) is 66.5 Å². The van der Waals surface area contributed by atoms with E-state index < -0.39 is 29.1 Å². The van der Waals surface area contributed by atoms with E-state index in [0.29, 0.717) is 17.4 Å². The molecule has 1 saturated heterocycles. The molecule has 2 aromatic carbocycles. The van der Waals surface area contributed by atoms with E-state index in [1.807, 2.05) is 0 Å². The predicted molar refractivity (Wildman–Crippen MR) is 108 cm³/mol. The summed E-state index contributed by atoms with van der Waals surface area (Å²) in [5, 5.41) is 2.49. The topological polar surface area (TPSA) is 86.8 Å². The average Bonchev–Trinajstić information content (AvgIpc) is 2.81. The zero-order chi connectivity index (χ0) is 23.3. The van der Waals surface area contributed by atoms with Crippen LogP contribution in [0.3, 0.4) is 0 Å². The second-order valence-corrected chi connectivity index (χ2v) is 7.14. The van der Waals surface area contributed by atoms with Crippen molar-refractivity contribution in [1.29, 1.82) is 0 Å². The van der Waals surface area contributed by atoms with E-state index in [1.54, 1.807) is 0 Å². The monoisotopic (exact) mass is 447 g/mol. The number of nitrogens with one attached hydrogen (secondary N) is 1. The standard InChI is InChI=1S/C22H20F3N3O4/c23-22(24,25)18-4-2-1-3-17(18)21(32)28-11-9-27(10-12-28)19(30)13-26-20(31)16-7-5-15(14-29)6-8-16/h1-8,14H,9-13H2,(H,26,31). The van der Waals surface area contributed by atoms with Gasteiger partial charge in [0.25, 0.3) is 11.8 Å². The van der Waals surface area contributed by atoms with E-state index in [4.69, 9.17) is 0 Å². The third kappa shape index (κ3) is 5.32. The highest BCUT2D eigenvalue weighted by atomic mass is 19.4. The van der Waals surface area contributed by atoms with Crippen molar-refractivity contribution in [3.8, 4) is 0 Å². The molecule has 0 spiro atoms. The van der Waals surface area contributed by atoms with Gasteiger partial charge in [0.05, 0.1) is 17.7 Å². The number of amides is 3. The number of piperazine rings is 1. The number of nitrogens with zero attached hydrogens (tertiary/aromatic N) is 2. The quantitative estimate of drug-likeness (QED) is 0.713.